The van der Waals surface area contributed by atoms with Gasteiger partial charge < -0.3 is 0 Å². The first-order valence-corrected chi connectivity index (χ1v) is 8.74. The van der Waals surface area contributed by atoms with Crippen molar-refractivity contribution in [1.29, 1.82) is 0 Å². The van der Waals surface area contributed by atoms with Crippen LogP contribution in [0.1, 0.15) is 23.6 Å². The fraction of sp³-hybridized carbons (Fsp3) is 0.158. The summed E-state index contributed by atoms with van der Waals surface area (Å²) in [6, 6.07) is 16.1. The smallest absolute Gasteiger partial charge is 0.268 e. The Morgan fingerprint density at radius 2 is 1.74 bits per heavy atom. The molecule has 1 saturated heterocycles. The Bertz CT molecular complexity index is 776. The topological polar surface area (TPSA) is 20.3 Å². The molecule has 0 unspecified atom stereocenters. The van der Waals surface area contributed by atoms with Gasteiger partial charge in [-0.05, 0) is 42.7 Å². The molecule has 0 atom stereocenters. The summed E-state index contributed by atoms with van der Waals surface area (Å²) in [4.78, 5) is 15.0. The molecular weight excluding hydrogens is 322 g/mol. The Hall–Kier alpha value is -1.91. The van der Waals surface area contributed by atoms with Crippen molar-refractivity contribution in [3.8, 4) is 0 Å². The quantitative estimate of drug-likeness (QED) is 0.582. The Morgan fingerprint density at radius 3 is 2.35 bits per heavy atom. The van der Waals surface area contributed by atoms with Crippen LogP contribution in [0, 0.1) is 6.92 Å². The first kappa shape index (κ1) is 16.0. The molecule has 1 fully saturated rings. The van der Waals surface area contributed by atoms with Crippen molar-refractivity contribution < 1.29 is 4.79 Å². The molecular formula is C19H17NOS2. The van der Waals surface area contributed by atoms with Crippen molar-refractivity contribution in [1.82, 2.24) is 0 Å². The molecule has 0 radical (unpaired) electrons. The maximum absolute atomic E-state index is 12.7. The molecule has 4 heteroatoms. The number of nitrogens with zero attached hydrogens (tertiary/aromatic N) is 1. The molecule has 116 valence electrons. The third kappa shape index (κ3) is 3.38. The number of thiocarbonyl (C=S) groups is 1. The number of thioether (sulfide) groups is 1. The lowest BCUT2D eigenvalue weighted by atomic mass is 10.1. The molecule has 2 nitrogen and oxygen atoms in total. The third-order valence-corrected chi connectivity index (χ3v) is 5.07. The monoisotopic (exact) mass is 339 g/mol. The summed E-state index contributed by atoms with van der Waals surface area (Å²) >= 11 is 6.76. The summed E-state index contributed by atoms with van der Waals surface area (Å²) in [5.74, 6) is -0.0511. The first-order chi connectivity index (χ1) is 11.1. The Kier molecular flexibility index (Phi) is 4.64. The van der Waals surface area contributed by atoms with Crippen LogP contribution in [-0.4, -0.2) is 10.2 Å². The van der Waals surface area contributed by atoms with Crippen molar-refractivity contribution in [2.45, 2.75) is 20.3 Å². The van der Waals surface area contributed by atoms with Gasteiger partial charge in [0.05, 0.1) is 10.6 Å². The van der Waals surface area contributed by atoms with E-state index < -0.39 is 0 Å². The fourth-order valence-corrected chi connectivity index (χ4v) is 3.68. The van der Waals surface area contributed by atoms with Gasteiger partial charge >= 0.3 is 0 Å². The van der Waals surface area contributed by atoms with Gasteiger partial charge in [-0.3, -0.25) is 9.69 Å². The lowest BCUT2D eigenvalue weighted by molar-refractivity contribution is -0.113. The van der Waals surface area contributed by atoms with Crippen molar-refractivity contribution >= 4 is 46.0 Å². The zero-order valence-electron chi connectivity index (χ0n) is 13.1. The Morgan fingerprint density at radius 1 is 1.09 bits per heavy atom. The van der Waals surface area contributed by atoms with Crippen molar-refractivity contribution in [2.24, 2.45) is 0 Å². The van der Waals surface area contributed by atoms with Gasteiger partial charge in [0, 0.05) is 0 Å². The van der Waals surface area contributed by atoms with Crippen LogP contribution < -0.4 is 4.90 Å². The molecule has 1 heterocycles. The lowest BCUT2D eigenvalue weighted by Crippen LogP contribution is -2.27. The van der Waals surface area contributed by atoms with Crippen molar-refractivity contribution in [3.63, 3.8) is 0 Å². The third-order valence-electron chi connectivity index (χ3n) is 3.77. The Labute approximate surface area is 146 Å². The average molecular weight is 339 g/mol. The second-order valence-electron chi connectivity index (χ2n) is 5.45. The normalized spacial score (nSPS) is 16.4. The minimum absolute atomic E-state index is 0.0511. The van der Waals surface area contributed by atoms with E-state index in [0.717, 1.165) is 17.7 Å². The Balaban J connectivity index is 1.88. The standard InChI is InChI=1S/C19H17NOS2/c1-3-14-8-10-16(11-9-14)20-18(21)17(23-19(20)22)12-15-6-4-13(2)5-7-15/h4-12H,3H2,1-2H3. The van der Waals surface area contributed by atoms with E-state index in [4.69, 9.17) is 12.2 Å². The van der Waals surface area contributed by atoms with E-state index in [0.29, 0.717) is 9.23 Å². The summed E-state index contributed by atoms with van der Waals surface area (Å²) < 4.78 is 0.581. The molecule has 1 amide bonds. The number of carbonyl (C=O) groups is 1. The zero-order chi connectivity index (χ0) is 16.4. The van der Waals surface area contributed by atoms with Gasteiger partial charge in [-0.25, -0.2) is 0 Å². The molecule has 0 saturated carbocycles. The van der Waals surface area contributed by atoms with Crippen LogP contribution >= 0.6 is 24.0 Å². The molecule has 0 bridgehead atoms. The number of carbonyl (C=O) groups excluding carboxylic acids is 1. The second kappa shape index (κ2) is 6.69. The van der Waals surface area contributed by atoms with Crippen LogP contribution in [-0.2, 0) is 11.2 Å². The summed E-state index contributed by atoms with van der Waals surface area (Å²) in [5.41, 5.74) is 4.29. The molecule has 2 aromatic rings. The van der Waals surface area contributed by atoms with E-state index in [1.807, 2.05) is 61.5 Å². The highest BCUT2D eigenvalue weighted by Crippen LogP contribution is 2.36. The minimum atomic E-state index is -0.0511. The molecule has 3 rings (SSSR count). The van der Waals surface area contributed by atoms with Gasteiger partial charge in [0.2, 0.25) is 0 Å². The number of rotatable bonds is 3. The lowest BCUT2D eigenvalue weighted by Gasteiger charge is -2.14. The molecule has 1 aliphatic rings. The number of hydrogen-bond acceptors (Lipinski definition) is 3. The summed E-state index contributed by atoms with van der Waals surface area (Å²) in [6.45, 7) is 4.15. The van der Waals surface area contributed by atoms with Gasteiger partial charge in [0.15, 0.2) is 4.32 Å². The maximum Gasteiger partial charge on any atom is 0.270 e. The van der Waals surface area contributed by atoms with Crippen LogP contribution in [0.2, 0.25) is 0 Å². The predicted molar refractivity (Wildman–Crippen MR) is 103 cm³/mol. The second-order valence-corrected chi connectivity index (χ2v) is 7.12. The fourth-order valence-electron chi connectivity index (χ4n) is 2.39. The van der Waals surface area contributed by atoms with Crippen molar-refractivity contribution in [3.05, 3.63) is 70.1 Å². The van der Waals surface area contributed by atoms with Crippen LogP contribution in [0.4, 0.5) is 5.69 Å². The van der Waals surface area contributed by atoms with E-state index in [1.165, 1.54) is 22.9 Å². The highest BCUT2D eigenvalue weighted by atomic mass is 32.2. The van der Waals surface area contributed by atoms with Crippen LogP contribution in [0.3, 0.4) is 0 Å². The SMILES string of the molecule is CCc1ccc(N2C(=O)C(=Cc3ccc(C)cc3)SC2=S)cc1. The first-order valence-electron chi connectivity index (χ1n) is 7.52. The van der Waals surface area contributed by atoms with E-state index in [1.54, 1.807) is 4.90 Å². The number of aryl methyl sites for hydroxylation is 2. The molecule has 1 aliphatic heterocycles. The molecule has 2 aromatic carbocycles. The number of benzene rings is 2. The molecule has 0 aromatic heterocycles. The van der Waals surface area contributed by atoms with Gasteiger partial charge in [0.25, 0.3) is 5.91 Å². The summed E-state index contributed by atoms with van der Waals surface area (Å²) in [5, 5.41) is 0. The van der Waals surface area contributed by atoms with Crippen LogP contribution in [0.5, 0.6) is 0 Å². The van der Waals surface area contributed by atoms with E-state index >= 15 is 0 Å². The van der Waals surface area contributed by atoms with Gasteiger partial charge in [0.1, 0.15) is 0 Å². The van der Waals surface area contributed by atoms with Gasteiger partial charge in [-0.15, -0.1) is 0 Å². The van der Waals surface area contributed by atoms with Gasteiger partial charge in [-0.1, -0.05) is 72.9 Å². The number of amides is 1. The van der Waals surface area contributed by atoms with Gasteiger partial charge in [-0.2, -0.15) is 0 Å². The molecule has 0 N–H and O–H groups in total. The van der Waals surface area contributed by atoms with E-state index in [-0.39, 0.29) is 5.91 Å². The largest absolute Gasteiger partial charge is 0.270 e. The highest BCUT2D eigenvalue weighted by molar-refractivity contribution is 8.27. The summed E-state index contributed by atoms with van der Waals surface area (Å²) in [6.07, 6.45) is 2.88. The van der Waals surface area contributed by atoms with E-state index in [2.05, 4.69) is 6.92 Å². The van der Waals surface area contributed by atoms with Crippen LogP contribution in [0.25, 0.3) is 6.08 Å². The zero-order valence-corrected chi connectivity index (χ0v) is 14.7. The molecule has 0 spiro atoms. The molecule has 0 aliphatic carbocycles. The average Bonchev–Trinajstić information content (AvgIpc) is 2.84. The van der Waals surface area contributed by atoms with Crippen LogP contribution in [0.15, 0.2) is 53.4 Å². The number of anilines is 1. The van der Waals surface area contributed by atoms with Crippen molar-refractivity contribution in [2.75, 3.05) is 4.90 Å². The predicted octanol–water partition coefficient (Wildman–Crippen LogP) is 4.96. The minimum Gasteiger partial charge on any atom is -0.268 e. The highest BCUT2D eigenvalue weighted by Gasteiger charge is 2.33. The number of hydrogen-bond donors (Lipinski definition) is 0. The summed E-state index contributed by atoms with van der Waals surface area (Å²) in [7, 11) is 0. The molecule has 23 heavy (non-hydrogen) atoms. The van der Waals surface area contributed by atoms with E-state index in [9.17, 15) is 4.79 Å². The maximum atomic E-state index is 12.7.